The maximum Gasteiger partial charge on any atom is 2.00 e. The van der Waals surface area contributed by atoms with Gasteiger partial charge in [-0.3, -0.25) is 0 Å². The predicted octanol–water partition coefficient (Wildman–Crippen LogP) is 10.5. The second kappa shape index (κ2) is 22.9. The minimum atomic E-state index is 0. The molecule has 0 amide bonds. The summed E-state index contributed by atoms with van der Waals surface area (Å²) in [7, 11) is 9.83. The Labute approximate surface area is 330 Å². The first kappa shape index (κ1) is 44.2. The van der Waals surface area contributed by atoms with Crippen molar-refractivity contribution in [2.24, 2.45) is 0 Å². The average Bonchev–Trinajstić information content (AvgIpc) is 4.01. The van der Waals surface area contributed by atoms with E-state index in [4.69, 9.17) is 41.7 Å². The van der Waals surface area contributed by atoms with E-state index in [1.54, 1.807) is 60.9 Å². The first-order valence-electron chi connectivity index (χ1n) is 16.6. The number of methoxy groups -OCH3 is 6. The molecule has 10 heteroatoms. The molecule has 0 spiro atoms. The molecule has 0 bridgehead atoms. The number of unbranched alkanes of at least 4 members (excludes halogenated alkanes) is 1. The molecule has 3 aromatic carbocycles. The molecule has 0 N–H and O–H groups in total. The summed E-state index contributed by atoms with van der Waals surface area (Å²) in [5.74, 6) is 6.94. The van der Waals surface area contributed by atoms with E-state index in [0.717, 1.165) is 91.6 Å². The van der Waals surface area contributed by atoms with Gasteiger partial charge >= 0.3 is 23.1 Å². The molecular weight excluding hydrogens is 685 g/mol. The minimum absolute atomic E-state index is 0. The molecule has 6 aromatic rings. The van der Waals surface area contributed by atoms with Crippen LogP contribution in [0.4, 0.5) is 0 Å². The quantitative estimate of drug-likeness (QED) is 0.101. The van der Waals surface area contributed by atoms with Crippen LogP contribution >= 0.6 is 0 Å². The van der Waals surface area contributed by atoms with Crippen LogP contribution in [0.5, 0.6) is 34.5 Å². The van der Waals surface area contributed by atoms with Crippen LogP contribution < -0.4 is 28.4 Å². The molecule has 6 rings (SSSR count). The van der Waals surface area contributed by atoms with Crippen molar-refractivity contribution in [3.05, 3.63) is 115 Å². The number of rotatable bonds is 10. The summed E-state index contributed by atoms with van der Waals surface area (Å²) in [4.78, 5) is 0. The molecule has 0 atom stereocenters. The number of furan rings is 3. The molecule has 3 aromatic heterocycles. The van der Waals surface area contributed by atoms with Crippen LogP contribution in [0, 0.1) is 46.5 Å². The zero-order valence-electron chi connectivity index (χ0n) is 32.4. The van der Waals surface area contributed by atoms with Gasteiger partial charge in [0.15, 0.2) is 0 Å². The fourth-order valence-electron chi connectivity index (χ4n) is 4.87. The topological polar surface area (TPSA) is 94.8 Å². The van der Waals surface area contributed by atoms with E-state index in [0.29, 0.717) is 0 Å². The van der Waals surface area contributed by atoms with E-state index in [1.165, 1.54) is 6.42 Å². The van der Waals surface area contributed by atoms with Gasteiger partial charge in [0.25, 0.3) is 0 Å². The van der Waals surface area contributed by atoms with Gasteiger partial charge in [-0.2, -0.15) is 24.6 Å². The van der Waals surface area contributed by atoms with E-state index in [1.807, 2.05) is 75.4 Å². The average molecular weight is 733 g/mol. The normalized spacial score (nSPS) is 9.79. The van der Waals surface area contributed by atoms with Crippen molar-refractivity contribution >= 4 is 23.1 Å². The van der Waals surface area contributed by atoms with E-state index < -0.39 is 0 Å². The van der Waals surface area contributed by atoms with Crippen LogP contribution in [-0.4, -0.2) is 65.7 Å². The first-order chi connectivity index (χ1) is 25.2. The van der Waals surface area contributed by atoms with Crippen LogP contribution in [0.3, 0.4) is 0 Å². The van der Waals surface area contributed by atoms with E-state index >= 15 is 0 Å². The number of hydrogen-bond acceptors (Lipinski definition) is 9. The molecule has 9 nitrogen and oxygen atoms in total. The fraction of sp³-hybridized carbons (Fsp3) is 0.279. The number of hydrogen-bond donors (Lipinski definition) is 0. The molecule has 0 fully saturated rings. The van der Waals surface area contributed by atoms with Crippen molar-refractivity contribution in [3.8, 4) is 68.5 Å². The maximum atomic E-state index is 5.29. The van der Waals surface area contributed by atoms with Crippen LogP contribution in [-0.2, 0) is 0 Å². The second-order valence-corrected chi connectivity index (χ2v) is 11.1. The van der Waals surface area contributed by atoms with E-state index in [-0.39, 0.29) is 23.1 Å². The molecule has 0 unspecified atom stereocenters. The summed E-state index contributed by atoms with van der Waals surface area (Å²) in [5.41, 5.74) is 5.68. The smallest absolute Gasteiger partial charge is 0.591 e. The van der Waals surface area contributed by atoms with Gasteiger partial charge in [0.2, 0.25) is 0 Å². The monoisotopic (exact) mass is 732 g/mol. The van der Waals surface area contributed by atoms with Gasteiger partial charge in [-0.15, -0.1) is 18.2 Å². The molecule has 0 aliphatic heterocycles. The third-order valence-electron chi connectivity index (χ3n) is 7.88. The van der Waals surface area contributed by atoms with Gasteiger partial charge in [0, 0.05) is 16.7 Å². The van der Waals surface area contributed by atoms with Gasteiger partial charge in [0.1, 0.15) is 34.5 Å². The van der Waals surface area contributed by atoms with Gasteiger partial charge in [-0.1, -0.05) is 13.3 Å². The molecule has 278 valence electrons. The van der Waals surface area contributed by atoms with E-state index in [9.17, 15) is 0 Å². The predicted molar refractivity (Wildman–Crippen MR) is 208 cm³/mol. The van der Waals surface area contributed by atoms with E-state index in [2.05, 4.69) is 32.6 Å². The number of benzene rings is 3. The Bertz CT molecular complexity index is 1600. The van der Waals surface area contributed by atoms with Crippen molar-refractivity contribution in [1.82, 2.24) is 0 Å². The SMILES string of the molecule is COc1cc(-c2cc[c-]o2)cc(OC)c1C.COc1cc(-c2cc[c-]o2)cc(OC)c1C.COc1cc(-c2cc[c-]o2)cc(OC)c1C.[CH2-]CCC.[Mg+2]. The molecule has 0 saturated heterocycles. The van der Waals surface area contributed by atoms with Crippen LogP contribution in [0.25, 0.3) is 34.0 Å². The molecule has 3 heterocycles. The summed E-state index contributed by atoms with van der Waals surface area (Å²) in [6.45, 7) is 11.6. The summed E-state index contributed by atoms with van der Waals surface area (Å²) in [6, 6.07) is 22.3. The van der Waals surface area contributed by atoms with Crippen molar-refractivity contribution in [1.29, 1.82) is 0 Å². The Morgan fingerprint density at radius 2 is 0.679 bits per heavy atom. The fourth-order valence-corrected chi connectivity index (χ4v) is 4.87. The molecular formula is C43H48MgO9-2. The Kier molecular flexibility index (Phi) is 19.1. The third kappa shape index (κ3) is 12.0. The molecule has 0 saturated carbocycles. The van der Waals surface area contributed by atoms with Gasteiger partial charge < -0.3 is 48.6 Å². The molecule has 0 aliphatic rings. The minimum Gasteiger partial charge on any atom is -0.591 e. The van der Waals surface area contributed by atoms with Crippen molar-refractivity contribution in [3.63, 3.8) is 0 Å². The van der Waals surface area contributed by atoms with Crippen LogP contribution in [0.1, 0.15) is 36.5 Å². The first-order valence-corrected chi connectivity index (χ1v) is 16.6. The van der Waals surface area contributed by atoms with Crippen LogP contribution in [0.15, 0.2) is 86.0 Å². The molecule has 53 heavy (non-hydrogen) atoms. The summed E-state index contributed by atoms with van der Waals surface area (Å²) in [5, 5.41) is 0. The largest absolute Gasteiger partial charge is 2.00 e. The van der Waals surface area contributed by atoms with Crippen molar-refractivity contribution in [2.45, 2.75) is 40.5 Å². The second-order valence-electron chi connectivity index (χ2n) is 11.1. The summed E-state index contributed by atoms with van der Waals surface area (Å²) in [6.07, 6.45) is 10.3. The summed E-state index contributed by atoms with van der Waals surface area (Å²) < 4.78 is 47.4. The third-order valence-corrected chi connectivity index (χ3v) is 7.88. The van der Waals surface area contributed by atoms with Gasteiger partial charge in [-0.25, -0.2) is 0 Å². The van der Waals surface area contributed by atoms with Gasteiger partial charge in [-0.05, 0) is 110 Å². The zero-order chi connectivity index (χ0) is 38.0. The standard InChI is InChI=1S/3C13H13O3.C4H9.Mg/c3*1-9-12(14-2)7-10(8-13(9)15-3)11-5-4-6-16-11;1-3-4-2;/h3*4-5,7-8H,1-3H3;1,3-4H2,2H3;/q4*-1;+2. The summed E-state index contributed by atoms with van der Waals surface area (Å²) >= 11 is 0. The Balaban J connectivity index is 0.000000259. The van der Waals surface area contributed by atoms with Crippen molar-refractivity contribution < 1.29 is 41.7 Å². The Morgan fingerprint density at radius 1 is 0.472 bits per heavy atom. The Hall–Kier alpha value is -4.93. The number of ether oxygens (including phenoxy) is 6. The zero-order valence-corrected chi connectivity index (χ0v) is 33.8. The molecule has 0 aliphatic carbocycles. The molecule has 0 radical (unpaired) electrons. The van der Waals surface area contributed by atoms with Gasteiger partial charge in [0.05, 0.1) is 42.7 Å². The van der Waals surface area contributed by atoms with Crippen molar-refractivity contribution in [2.75, 3.05) is 42.7 Å². The van der Waals surface area contributed by atoms with Crippen LogP contribution in [0.2, 0.25) is 0 Å². The maximum absolute atomic E-state index is 5.29. The Morgan fingerprint density at radius 3 is 0.811 bits per heavy atom.